The third kappa shape index (κ3) is 1.95. The Labute approximate surface area is 95.9 Å². The summed E-state index contributed by atoms with van der Waals surface area (Å²) in [5.74, 6) is -0.223. The van der Waals surface area contributed by atoms with Crippen molar-refractivity contribution in [3.8, 4) is 11.3 Å². The highest BCUT2D eigenvalue weighted by molar-refractivity contribution is 9.10. The summed E-state index contributed by atoms with van der Waals surface area (Å²) in [5, 5.41) is 4.21. The SMILES string of the molecule is CCn1nc(Br)cc1-c1ccccc1F. The molecule has 0 fully saturated rings. The molecule has 0 spiro atoms. The molecule has 2 rings (SSSR count). The van der Waals surface area contributed by atoms with Gasteiger partial charge >= 0.3 is 0 Å². The molecule has 0 radical (unpaired) electrons. The van der Waals surface area contributed by atoms with E-state index < -0.39 is 0 Å². The summed E-state index contributed by atoms with van der Waals surface area (Å²) in [4.78, 5) is 0. The van der Waals surface area contributed by atoms with E-state index in [2.05, 4.69) is 21.0 Å². The monoisotopic (exact) mass is 268 g/mol. The Bertz CT molecular complexity index is 479. The topological polar surface area (TPSA) is 17.8 Å². The molecule has 4 heteroatoms. The predicted molar refractivity (Wildman–Crippen MR) is 61.0 cm³/mol. The van der Waals surface area contributed by atoms with Crippen LogP contribution in [0.3, 0.4) is 0 Å². The van der Waals surface area contributed by atoms with E-state index in [0.29, 0.717) is 5.56 Å². The Morgan fingerprint density at radius 3 is 2.80 bits per heavy atom. The van der Waals surface area contributed by atoms with Crippen LogP contribution in [-0.2, 0) is 6.54 Å². The fraction of sp³-hybridized carbons (Fsp3) is 0.182. The van der Waals surface area contributed by atoms with E-state index in [9.17, 15) is 4.39 Å². The first-order chi connectivity index (χ1) is 7.22. The van der Waals surface area contributed by atoms with Crippen LogP contribution in [0, 0.1) is 5.82 Å². The van der Waals surface area contributed by atoms with Gasteiger partial charge < -0.3 is 0 Å². The second-order valence-corrected chi connectivity index (χ2v) is 3.96. The van der Waals surface area contributed by atoms with Gasteiger partial charge in [0.15, 0.2) is 0 Å². The van der Waals surface area contributed by atoms with E-state index in [1.165, 1.54) is 6.07 Å². The minimum atomic E-state index is -0.223. The Morgan fingerprint density at radius 1 is 1.40 bits per heavy atom. The Kier molecular flexibility index (Phi) is 2.86. The summed E-state index contributed by atoms with van der Waals surface area (Å²) in [5.41, 5.74) is 1.38. The summed E-state index contributed by atoms with van der Waals surface area (Å²) in [6.45, 7) is 2.69. The number of aromatic nitrogens is 2. The summed E-state index contributed by atoms with van der Waals surface area (Å²) in [7, 11) is 0. The number of aryl methyl sites for hydroxylation is 1. The molecule has 1 heterocycles. The van der Waals surface area contributed by atoms with Gasteiger partial charge in [0.2, 0.25) is 0 Å². The number of hydrogen-bond acceptors (Lipinski definition) is 1. The van der Waals surface area contributed by atoms with Gasteiger partial charge in [-0.3, -0.25) is 4.68 Å². The Morgan fingerprint density at radius 2 is 2.13 bits per heavy atom. The second kappa shape index (κ2) is 4.14. The average molecular weight is 269 g/mol. The van der Waals surface area contributed by atoms with E-state index in [1.54, 1.807) is 16.8 Å². The maximum Gasteiger partial charge on any atom is 0.132 e. The van der Waals surface area contributed by atoms with Crippen molar-refractivity contribution in [2.75, 3.05) is 0 Å². The highest BCUT2D eigenvalue weighted by Crippen LogP contribution is 2.25. The number of hydrogen-bond donors (Lipinski definition) is 0. The van der Waals surface area contributed by atoms with Crippen LogP contribution in [0.15, 0.2) is 34.9 Å². The molecule has 0 aliphatic rings. The Hall–Kier alpha value is -1.16. The van der Waals surface area contributed by atoms with Crippen LogP contribution in [0.4, 0.5) is 4.39 Å². The lowest BCUT2D eigenvalue weighted by atomic mass is 10.1. The minimum absolute atomic E-state index is 0.223. The van der Waals surface area contributed by atoms with Crippen molar-refractivity contribution in [1.29, 1.82) is 0 Å². The molecule has 0 saturated carbocycles. The number of nitrogens with zero attached hydrogens (tertiary/aromatic N) is 2. The largest absolute Gasteiger partial charge is 0.264 e. The number of halogens is 2. The molecule has 1 aromatic carbocycles. The van der Waals surface area contributed by atoms with Gasteiger partial charge in [-0.25, -0.2) is 4.39 Å². The number of rotatable bonds is 2. The fourth-order valence-electron chi connectivity index (χ4n) is 1.51. The molecular weight excluding hydrogens is 259 g/mol. The second-order valence-electron chi connectivity index (χ2n) is 3.15. The molecule has 78 valence electrons. The fourth-order valence-corrected chi connectivity index (χ4v) is 1.92. The lowest BCUT2D eigenvalue weighted by molar-refractivity contribution is 0.621. The van der Waals surface area contributed by atoms with Crippen LogP contribution in [0.2, 0.25) is 0 Å². The van der Waals surface area contributed by atoms with Gasteiger partial charge in [-0.15, -0.1) is 0 Å². The normalized spacial score (nSPS) is 10.6. The van der Waals surface area contributed by atoms with Gasteiger partial charge in [0.05, 0.1) is 5.69 Å². The molecule has 0 bridgehead atoms. The zero-order valence-corrected chi connectivity index (χ0v) is 9.83. The zero-order chi connectivity index (χ0) is 10.8. The first-order valence-electron chi connectivity index (χ1n) is 4.70. The minimum Gasteiger partial charge on any atom is -0.264 e. The number of benzene rings is 1. The van der Waals surface area contributed by atoms with Gasteiger partial charge in [0, 0.05) is 12.1 Å². The van der Waals surface area contributed by atoms with Gasteiger partial charge in [0.1, 0.15) is 10.4 Å². The molecule has 0 aliphatic carbocycles. The molecule has 0 unspecified atom stereocenters. The summed E-state index contributed by atoms with van der Waals surface area (Å²) >= 11 is 3.29. The van der Waals surface area contributed by atoms with Crippen molar-refractivity contribution in [2.45, 2.75) is 13.5 Å². The molecule has 1 aromatic heterocycles. The van der Waals surface area contributed by atoms with Crippen molar-refractivity contribution in [3.05, 3.63) is 40.8 Å². The van der Waals surface area contributed by atoms with Crippen LogP contribution < -0.4 is 0 Å². The van der Waals surface area contributed by atoms with Crippen LogP contribution in [0.1, 0.15) is 6.92 Å². The molecule has 15 heavy (non-hydrogen) atoms. The van der Waals surface area contributed by atoms with Crippen LogP contribution >= 0.6 is 15.9 Å². The molecule has 0 N–H and O–H groups in total. The zero-order valence-electron chi connectivity index (χ0n) is 8.24. The van der Waals surface area contributed by atoms with Gasteiger partial charge in [0.25, 0.3) is 0 Å². The lowest BCUT2D eigenvalue weighted by Gasteiger charge is -2.04. The average Bonchev–Trinajstić information content (AvgIpc) is 2.60. The molecule has 2 nitrogen and oxygen atoms in total. The molecule has 0 aliphatic heterocycles. The van der Waals surface area contributed by atoms with E-state index in [0.717, 1.165) is 16.8 Å². The van der Waals surface area contributed by atoms with Crippen LogP contribution in [0.25, 0.3) is 11.3 Å². The van der Waals surface area contributed by atoms with Gasteiger partial charge in [-0.2, -0.15) is 5.10 Å². The highest BCUT2D eigenvalue weighted by Gasteiger charge is 2.10. The quantitative estimate of drug-likeness (QED) is 0.816. The van der Waals surface area contributed by atoms with Crippen LogP contribution in [-0.4, -0.2) is 9.78 Å². The van der Waals surface area contributed by atoms with Crippen LogP contribution in [0.5, 0.6) is 0 Å². The molecule has 0 saturated heterocycles. The van der Waals surface area contributed by atoms with Crippen molar-refractivity contribution in [3.63, 3.8) is 0 Å². The first kappa shape index (κ1) is 10.4. The van der Waals surface area contributed by atoms with Crippen molar-refractivity contribution >= 4 is 15.9 Å². The predicted octanol–water partition coefficient (Wildman–Crippen LogP) is 3.47. The van der Waals surface area contributed by atoms with Crippen molar-refractivity contribution < 1.29 is 4.39 Å². The van der Waals surface area contributed by atoms with Gasteiger partial charge in [-0.05, 0) is 41.1 Å². The third-order valence-corrected chi connectivity index (χ3v) is 2.59. The van der Waals surface area contributed by atoms with E-state index in [4.69, 9.17) is 0 Å². The van der Waals surface area contributed by atoms with Crippen molar-refractivity contribution in [1.82, 2.24) is 9.78 Å². The van der Waals surface area contributed by atoms with Crippen molar-refractivity contribution in [2.24, 2.45) is 0 Å². The maximum atomic E-state index is 13.5. The highest BCUT2D eigenvalue weighted by atomic mass is 79.9. The maximum absolute atomic E-state index is 13.5. The van der Waals surface area contributed by atoms with Gasteiger partial charge in [-0.1, -0.05) is 12.1 Å². The molecule has 0 atom stereocenters. The van der Waals surface area contributed by atoms with E-state index in [-0.39, 0.29) is 5.82 Å². The summed E-state index contributed by atoms with van der Waals surface area (Å²) < 4.78 is 16.0. The molecule has 2 aromatic rings. The molecule has 0 amide bonds. The smallest absolute Gasteiger partial charge is 0.132 e. The Balaban J connectivity index is 2.58. The van der Waals surface area contributed by atoms with E-state index in [1.807, 2.05) is 19.1 Å². The third-order valence-electron chi connectivity index (χ3n) is 2.20. The summed E-state index contributed by atoms with van der Waals surface area (Å²) in [6.07, 6.45) is 0. The first-order valence-corrected chi connectivity index (χ1v) is 5.50. The summed E-state index contributed by atoms with van der Waals surface area (Å²) in [6, 6.07) is 8.53. The van der Waals surface area contributed by atoms with E-state index >= 15 is 0 Å². The lowest BCUT2D eigenvalue weighted by Crippen LogP contribution is -1.99. The standard InChI is InChI=1S/C11H10BrFN2/c1-2-15-10(7-11(12)14-15)8-5-3-4-6-9(8)13/h3-7H,2H2,1H3. The molecular formula is C11H10BrFN2.